The van der Waals surface area contributed by atoms with Crippen molar-refractivity contribution in [3.63, 3.8) is 0 Å². The molecule has 0 aliphatic carbocycles. The lowest BCUT2D eigenvalue weighted by molar-refractivity contribution is -0.145. The molecular weight excluding hydrogens is 454 g/mol. The van der Waals surface area contributed by atoms with Crippen LogP contribution in [0.25, 0.3) is 0 Å². The maximum absolute atomic E-state index is 12.8. The maximum Gasteiger partial charge on any atom is 0.320 e. The molecule has 0 spiro atoms. The molecule has 192 valence electrons. The highest BCUT2D eigenvalue weighted by Crippen LogP contribution is 2.23. The third kappa shape index (κ3) is 7.38. The second-order valence-electron chi connectivity index (χ2n) is 9.60. The van der Waals surface area contributed by atoms with Gasteiger partial charge in [-0.1, -0.05) is 31.5 Å². The number of ether oxygens (including phenoxy) is 1. The lowest BCUT2D eigenvalue weighted by Gasteiger charge is -2.30. The molecule has 2 heterocycles. The molecule has 2 aromatic rings. The Labute approximate surface area is 213 Å². The van der Waals surface area contributed by atoms with Gasteiger partial charge in [-0.05, 0) is 60.8 Å². The molecule has 0 bridgehead atoms. The Kier molecular flexibility index (Phi) is 9.08. The van der Waals surface area contributed by atoms with Crippen LogP contribution in [0.15, 0.2) is 47.6 Å². The van der Waals surface area contributed by atoms with Crippen LogP contribution in [0.3, 0.4) is 0 Å². The summed E-state index contributed by atoms with van der Waals surface area (Å²) >= 11 is 0. The van der Waals surface area contributed by atoms with E-state index in [4.69, 9.17) is 4.74 Å². The number of nitrogens with one attached hydrogen (secondary N) is 1. The molecule has 4 rings (SSSR count). The molecule has 8 nitrogen and oxygen atoms in total. The van der Waals surface area contributed by atoms with Gasteiger partial charge in [-0.25, -0.2) is 0 Å². The molecule has 2 aliphatic heterocycles. The van der Waals surface area contributed by atoms with Crippen molar-refractivity contribution in [3.05, 3.63) is 64.7 Å². The molecule has 2 aliphatic rings. The number of anilines is 1. The number of hydrogen-bond acceptors (Lipinski definition) is 7. The fraction of sp³-hybridized carbons (Fsp3) is 0.464. The summed E-state index contributed by atoms with van der Waals surface area (Å²) in [6, 6.07) is 13.5. The number of unbranched alkanes of at least 4 members (excludes halogenated alkanes) is 1. The number of benzene rings is 2. The van der Waals surface area contributed by atoms with Gasteiger partial charge in [0, 0.05) is 50.5 Å². The molecule has 0 unspecified atom stereocenters. The Bertz CT molecular complexity index is 1060. The van der Waals surface area contributed by atoms with Crippen molar-refractivity contribution in [1.29, 1.82) is 0 Å². The third-order valence-corrected chi connectivity index (χ3v) is 6.69. The summed E-state index contributed by atoms with van der Waals surface area (Å²) < 4.78 is 5.29. The van der Waals surface area contributed by atoms with Crippen molar-refractivity contribution in [3.8, 4) is 0 Å². The number of carbonyl (C=O) groups is 2. The zero-order valence-corrected chi connectivity index (χ0v) is 21.4. The first-order valence-corrected chi connectivity index (χ1v) is 12.9. The van der Waals surface area contributed by atoms with E-state index in [-0.39, 0.29) is 11.9 Å². The first kappa shape index (κ1) is 25.9. The first-order valence-electron chi connectivity index (χ1n) is 12.9. The Morgan fingerprint density at radius 1 is 1.03 bits per heavy atom. The zero-order valence-electron chi connectivity index (χ0n) is 21.4. The van der Waals surface area contributed by atoms with Gasteiger partial charge in [0.25, 0.3) is 5.91 Å². The minimum Gasteiger partial charge on any atom is -0.465 e. The number of piperazine rings is 1. The highest BCUT2D eigenvalue weighted by Gasteiger charge is 2.20. The van der Waals surface area contributed by atoms with Crippen LogP contribution in [0.5, 0.6) is 0 Å². The van der Waals surface area contributed by atoms with Gasteiger partial charge < -0.3 is 15.0 Å². The SMILES string of the molecule is CCCCOC(=O)CN1CCc2cc(NC(=O)c3ccc(C=NN4CCN(C)CC4)cc3)ccc2C1. The van der Waals surface area contributed by atoms with Crippen molar-refractivity contribution in [2.75, 3.05) is 58.2 Å². The second kappa shape index (κ2) is 12.6. The van der Waals surface area contributed by atoms with E-state index in [0.717, 1.165) is 63.2 Å². The average molecular weight is 492 g/mol. The van der Waals surface area contributed by atoms with E-state index in [0.29, 0.717) is 25.3 Å². The van der Waals surface area contributed by atoms with Gasteiger partial charge in [-0.2, -0.15) is 5.10 Å². The standard InChI is InChI=1S/C28H37N5O3/c1-3-4-17-36-27(34)21-32-12-11-24-18-26(10-9-25(24)20-32)30-28(35)23-7-5-22(6-8-23)19-29-33-15-13-31(2)14-16-33/h5-10,18-19H,3-4,11-17,20-21H2,1-2H3,(H,30,35). The molecule has 1 amide bonds. The van der Waals surface area contributed by atoms with Crippen LogP contribution in [0.1, 0.15) is 46.8 Å². The minimum atomic E-state index is -0.160. The van der Waals surface area contributed by atoms with E-state index in [1.165, 1.54) is 11.1 Å². The lowest BCUT2D eigenvalue weighted by atomic mass is 9.99. The van der Waals surface area contributed by atoms with Crippen molar-refractivity contribution in [2.45, 2.75) is 32.7 Å². The Hall–Kier alpha value is -3.23. The van der Waals surface area contributed by atoms with Crippen molar-refractivity contribution >= 4 is 23.8 Å². The van der Waals surface area contributed by atoms with Crippen LogP contribution < -0.4 is 5.32 Å². The van der Waals surface area contributed by atoms with Crippen molar-refractivity contribution in [1.82, 2.24) is 14.8 Å². The fourth-order valence-electron chi connectivity index (χ4n) is 4.37. The second-order valence-corrected chi connectivity index (χ2v) is 9.60. The van der Waals surface area contributed by atoms with Gasteiger partial charge in [0.2, 0.25) is 0 Å². The van der Waals surface area contributed by atoms with E-state index in [1.807, 2.05) is 48.7 Å². The molecule has 0 saturated carbocycles. The molecule has 36 heavy (non-hydrogen) atoms. The molecule has 8 heteroatoms. The van der Waals surface area contributed by atoms with Crippen LogP contribution in [0, 0.1) is 0 Å². The Morgan fingerprint density at radius 3 is 2.56 bits per heavy atom. The predicted octanol–water partition coefficient (Wildman–Crippen LogP) is 3.22. The number of likely N-dealkylation sites (N-methyl/N-ethyl adjacent to an activating group) is 1. The van der Waals surface area contributed by atoms with Crippen LogP contribution >= 0.6 is 0 Å². The Morgan fingerprint density at radius 2 is 1.81 bits per heavy atom. The average Bonchev–Trinajstić information content (AvgIpc) is 2.89. The maximum atomic E-state index is 12.8. The van der Waals surface area contributed by atoms with Crippen LogP contribution in [0.4, 0.5) is 5.69 Å². The third-order valence-electron chi connectivity index (χ3n) is 6.69. The molecule has 0 aromatic heterocycles. The van der Waals surface area contributed by atoms with Gasteiger partial charge in [0.15, 0.2) is 0 Å². The largest absolute Gasteiger partial charge is 0.465 e. The van der Waals surface area contributed by atoms with E-state index >= 15 is 0 Å². The minimum absolute atomic E-state index is 0.134. The molecule has 1 fully saturated rings. The van der Waals surface area contributed by atoms with Crippen LogP contribution in [0.2, 0.25) is 0 Å². The van der Waals surface area contributed by atoms with Gasteiger partial charge in [0.1, 0.15) is 0 Å². The molecule has 0 atom stereocenters. The quantitative estimate of drug-likeness (QED) is 0.330. The van der Waals surface area contributed by atoms with E-state index < -0.39 is 0 Å². The molecular formula is C28H37N5O3. The number of carbonyl (C=O) groups excluding carboxylic acids is 2. The summed E-state index contributed by atoms with van der Waals surface area (Å²) in [6.45, 7) is 8.29. The van der Waals surface area contributed by atoms with Crippen LogP contribution in [-0.2, 0) is 22.5 Å². The summed E-state index contributed by atoms with van der Waals surface area (Å²) in [5.74, 6) is -0.294. The number of rotatable bonds is 9. The number of hydrazone groups is 1. The summed E-state index contributed by atoms with van der Waals surface area (Å²) in [5, 5.41) is 9.65. The highest BCUT2D eigenvalue weighted by atomic mass is 16.5. The van der Waals surface area contributed by atoms with E-state index in [9.17, 15) is 9.59 Å². The summed E-state index contributed by atoms with van der Waals surface area (Å²) in [4.78, 5) is 29.2. The van der Waals surface area contributed by atoms with Gasteiger partial charge in [-0.3, -0.25) is 19.5 Å². The summed E-state index contributed by atoms with van der Waals surface area (Å²) in [7, 11) is 2.12. The summed E-state index contributed by atoms with van der Waals surface area (Å²) in [6.07, 6.45) is 4.60. The van der Waals surface area contributed by atoms with Gasteiger partial charge >= 0.3 is 5.97 Å². The Balaban J connectivity index is 1.28. The number of nitrogens with zero attached hydrogens (tertiary/aromatic N) is 4. The van der Waals surface area contributed by atoms with E-state index in [1.54, 1.807) is 0 Å². The predicted molar refractivity (Wildman–Crippen MR) is 142 cm³/mol. The normalized spacial score (nSPS) is 16.7. The summed E-state index contributed by atoms with van der Waals surface area (Å²) in [5.41, 5.74) is 4.76. The zero-order chi connectivity index (χ0) is 25.3. The number of esters is 1. The molecule has 1 N–H and O–H groups in total. The smallest absolute Gasteiger partial charge is 0.320 e. The van der Waals surface area contributed by atoms with Crippen LogP contribution in [-0.4, -0.2) is 85.8 Å². The number of amides is 1. The molecule has 0 radical (unpaired) electrons. The van der Waals surface area contributed by atoms with Gasteiger partial charge in [-0.15, -0.1) is 0 Å². The van der Waals surface area contributed by atoms with Crippen molar-refractivity contribution in [2.24, 2.45) is 5.10 Å². The lowest BCUT2D eigenvalue weighted by Crippen LogP contribution is -2.41. The fourth-order valence-corrected chi connectivity index (χ4v) is 4.37. The first-order chi connectivity index (χ1) is 17.5. The topological polar surface area (TPSA) is 77.5 Å². The molecule has 1 saturated heterocycles. The highest BCUT2D eigenvalue weighted by molar-refractivity contribution is 6.04. The monoisotopic (exact) mass is 491 g/mol. The number of fused-ring (bicyclic) bond motifs is 1. The number of hydrogen-bond donors (Lipinski definition) is 1. The van der Waals surface area contributed by atoms with E-state index in [2.05, 4.69) is 39.2 Å². The van der Waals surface area contributed by atoms with Crippen molar-refractivity contribution < 1.29 is 14.3 Å². The van der Waals surface area contributed by atoms with Gasteiger partial charge in [0.05, 0.1) is 19.4 Å². The molecule has 2 aromatic carbocycles.